The van der Waals surface area contributed by atoms with Gasteiger partial charge in [-0.3, -0.25) is 4.98 Å². The fourth-order valence-corrected chi connectivity index (χ4v) is 2.77. The smallest absolute Gasteiger partial charge is 0.243 e. The maximum Gasteiger partial charge on any atom is 0.243 e. The van der Waals surface area contributed by atoms with Crippen LogP contribution in [0.5, 0.6) is 0 Å². The lowest BCUT2D eigenvalue weighted by molar-refractivity contribution is 0.567. The molecule has 2 heterocycles. The lowest BCUT2D eigenvalue weighted by atomic mass is 10.2. The Kier molecular flexibility index (Phi) is 3.86. The molecule has 0 spiro atoms. The number of nitrogens with two attached hydrogens (primary N) is 1. The van der Waals surface area contributed by atoms with Crippen LogP contribution in [-0.2, 0) is 10.0 Å². The topological polar surface area (TPSA) is 85.9 Å². The molecule has 0 bridgehead atoms. The summed E-state index contributed by atoms with van der Waals surface area (Å²) in [6, 6.07) is 2.38. The number of primary sulfonamides is 1. The molecule has 0 radical (unpaired) electrons. The van der Waals surface area contributed by atoms with Gasteiger partial charge in [0.1, 0.15) is 15.9 Å². The van der Waals surface area contributed by atoms with Crippen molar-refractivity contribution in [2.24, 2.45) is 5.14 Å². The highest BCUT2D eigenvalue weighted by molar-refractivity contribution is 9.10. The van der Waals surface area contributed by atoms with Crippen molar-refractivity contribution in [1.82, 2.24) is 9.97 Å². The van der Waals surface area contributed by atoms with Crippen molar-refractivity contribution in [2.75, 3.05) is 0 Å². The van der Waals surface area contributed by atoms with Crippen LogP contribution < -0.4 is 5.14 Å². The Balaban J connectivity index is 2.84. The van der Waals surface area contributed by atoms with Crippen LogP contribution in [0.3, 0.4) is 0 Å². The molecule has 0 aliphatic carbocycles. The van der Waals surface area contributed by atoms with Gasteiger partial charge >= 0.3 is 0 Å². The minimum Gasteiger partial charge on any atom is -0.254 e. The van der Waals surface area contributed by atoms with Gasteiger partial charge in [0.15, 0.2) is 0 Å². The van der Waals surface area contributed by atoms with Gasteiger partial charge < -0.3 is 0 Å². The first-order chi connectivity index (χ1) is 8.80. The summed E-state index contributed by atoms with van der Waals surface area (Å²) < 4.78 is 37.2. The molecule has 0 aliphatic rings. The number of rotatable bonds is 2. The molecule has 0 atom stereocenters. The van der Waals surface area contributed by atoms with Crippen molar-refractivity contribution in [2.45, 2.75) is 4.90 Å². The van der Waals surface area contributed by atoms with E-state index in [2.05, 4.69) is 25.9 Å². The van der Waals surface area contributed by atoms with E-state index in [0.717, 1.165) is 12.3 Å². The molecule has 0 aliphatic heterocycles. The average molecular weight is 367 g/mol. The van der Waals surface area contributed by atoms with E-state index in [1.165, 1.54) is 12.3 Å². The summed E-state index contributed by atoms with van der Waals surface area (Å²) in [5.41, 5.74) is -0.0131. The van der Waals surface area contributed by atoms with Gasteiger partial charge in [-0.1, -0.05) is 11.6 Å². The Bertz CT molecular complexity index is 754. The SMILES string of the molecule is NS(=O)(=O)c1c(F)ccnc1-c1cc(Br)cnc1Cl. The number of hydrogen-bond donors (Lipinski definition) is 1. The quantitative estimate of drug-likeness (QED) is 0.827. The highest BCUT2D eigenvalue weighted by atomic mass is 79.9. The summed E-state index contributed by atoms with van der Waals surface area (Å²) in [4.78, 5) is 6.95. The second-order valence-electron chi connectivity index (χ2n) is 3.51. The third kappa shape index (κ3) is 2.92. The van der Waals surface area contributed by atoms with Crippen LogP contribution in [0.4, 0.5) is 4.39 Å². The van der Waals surface area contributed by atoms with Gasteiger partial charge in [0, 0.05) is 22.4 Å². The monoisotopic (exact) mass is 365 g/mol. The van der Waals surface area contributed by atoms with Crippen molar-refractivity contribution >= 4 is 37.6 Å². The van der Waals surface area contributed by atoms with Crippen molar-refractivity contribution in [3.8, 4) is 11.3 Å². The Morgan fingerprint density at radius 1 is 1.37 bits per heavy atom. The zero-order valence-corrected chi connectivity index (χ0v) is 12.3. The van der Waals surface area contributed by atoms with Crippen LogP contribution in [0.2, 0.25) is 5.15 Å². The molecule has 0 saturated carbocycles. The Hall–Kier alpha value is -1.09. The first-order valence-corrected chi connectivity index (χ1v) is 7.51. The Morgan fingerprint density at radius 3 is 2.68 bits per heavy atom. The summed E-state index contributed by atoms with van der Waals surface area (Å²) >= 11 is 9.04. The van der Waals surface area contributed by atoms with Gasteiger partial charge in [-0.2, -0.15) is 0 Å². The van der Waals surface area contributed by atoms with Gasteiger partial charge in [-0.25, -0.2) is 22.9 Å². The van der Waals surface area contributed by atoms with E-state index in [4.69, 9.17) is 16.7 Å². The minimum atomic E-state index is -4.28. The van der Waals surface area contributed by atoms with Gasteiger partial charge in [0.25, 0.3) is 0 Å². The largest absolute Gasteiger partial charge is 0.254 e. The molecule has 0 amide bonds. The van der Waals surface area contributed by atoms with Crippen LogP contribution in [0.1, 0.15) is 0 Å². The van der Waals surface area contributed by atoms with E-state index < -0.39 is 20.7 Å². The van der Waals surface area contributed by atoms with Crippen LogP contribution in [-0.4, -0.2) is 18.4 Å². The summed E-state index contributed by atoms with van der Waals surface area (Å²) in [6.07, 6.45) is 2.54. The molecule has 9 heteroatoms. The van der Waals surface area contributed by atoms with Crippen LogP contribution >= 0.6 is 27.5 Å². The molecule has 2 rings (SSSR count). The van der Waals surface area contributed by atoms with E-state index in [1.807, 2.05) is 0 Å². The number of hydrogen-bond acceptors (Lipinski definition) is 4. The van der Waals surface area contributed by atoms with Crippen LogP contribution in [0, 0.1) is 5.82 Å². The van der Waals surface area contributed by atoms with E-state index in [-0.39, 0.29) is 16.4 Å². The lowest BCUT2D eigenvalue weighted by Crippen LogP contribution is -2.16. The maximum atomic E-state index is 13.7. The first-order valence-electron chi connectivity index (χ1n) is 4.79. The molecule has 0 fully saturated rings. The highest BCUT2D eigenvalue weighted by Crippen LogP contribution is 2.32. The van der Waals surface area contributed by atoms with E-state index in [0.29, 0.717) is 4.47 Å². The standard InChI is InChI=1S/C10H6BrClFN3O2S/c11-5-3-6(10(12)16-4-5)8-9(19(14,17)18)7(13)1-2-15-8/h1-4H,(H2,14,17,18). The minimum absolute atomic E-state index is 0.00815. The molecule has 2 N–H and O–H groups in total. The number of sulfonamides is 1. The normalized spacial score (nSPS) is 11.6. The second kappa shape index (κ2) is 5.12. The molecule has 0 saturated heterocycles. The van der Waals surface area contributed by atoms with E-state index in [1.54, 1.807) is 0 Å². The zero-order valence-electron chi connectivity index (χ0n) is 9.14. The predicted molar refractivity (Wildman–Crippen MR) is 71.5 cm³/mol. The Morgan fingerprint density at radius 2 is 2.05 bits per heavy atom. The first kappa shape index (κ1) is 14.3. The van der Waals surface area contributed by atoms with Crippen molar-refractivity contribution in [3.63, 3.8) is 0 Å². The molecule has 0 unspecified atom stereocenters. The molecule has 100 valence electrons. The number of nitrogens with zero attached hydrogens (tertiary/aromatic N) is 2. The second-order valence-corrected chi connectivity index (χ2v) is 6.28. The molecule has 2 aromatic rings. The summed E-state index contributed by atoms with van der Waals surface area (Å²) in [7, 11) is -4.28. The van der Waals surface area contributed by atoms with Crippen LogP contribution in [0.15, 0.2) is 33.9 Å². The van der Waals surface area contributed by atoms with Gasteiger partial charge in [-0.05, 0) is 28.1 Å². The average Bonchev–Trinajstić information content (AvgIpc) is 2.30. The number of aromatic nitrogens is 2. The van der Waals surface area contributed by atoms with Crippen LogP contribution in [0.25, 0.3) is 11.3 Å². The van der Waals surface area contributed by atoms with E-state index >= 15 is 0 Å². The molecule has 19 heavy (non-hydrogen) atoms. The molecular formula is C10H6BrClFN3O2S. The summed E-state index contributed by atoms with van der Waals surface area (Å²) in [5, 5.41) is 4.99. The lowest BCUT2D eigenvalue weighted by Gasteiger charge is -2.09. The number of halogens is 3. The van der Waals surface area contributed by atoms with Gasteiger partial charge in [0.2, 0.25) is 10.0 Å². The third-order valence-corrected chi connectivity index (χ3v) is 3.89. The van der Waals surface area contributed by atoms with Gasteiger partial charge in [-0.15, -0.1) is 0 Å². The third-order valence-electron chi connectivity index (χ3n) is 2.20. The highest BCUT2D eigenvalue weighted by Gasteiger charge is 2.23. The molecular weight excluding hydrogens is 361 g/mol. The maximum absolute atomic E-state index is 13.7. The Labute approximate surface area is 121 Å². The fraction of sp³-hybridized carbons (Fsp3) is 0. The van der Waals surface area contributed by atoms with Crippen molar-refractivity contribution in [3.05, 3.63) is 40.0 Å². The molecule has 0 aromatic carbocycles. The van der Waals surface area contributed by atoms with E-state index in [9.17, 15) is 12.8 Å². The zero-order chi connectivity index (χ0) is 14.2. The van der Waals surface area contributed by atoms with Crippen molar-refractivity contribution in [1.29, 1.82) is 0 Å². The summed E-state index contributed by atoms with van der Waals surface area (Å²) in [5.74, 6) is -0.997. The summed E-state index contributed by atoms with van der Waals surface area (Å²) in [6.45, 7) is 0. The fourth-order valence-electron chi connectivity index (χ4n) is 1.48. The molecule has 5 nitrogen and oxygen atoms in total. The molecule has 2 aromatic heterocycles. The van der Waals surface area contributed by atoms with Crippen molar-refractivity contribution < 1.29 is 12.8 Å². The predicted octanol–water partition coefficient (Wildman–Crippen LogP) is 2.35. The number of pyridine rings is 2. The van der Waals surface area contributed by atoms with Gasteiger partial charge in [0.05, 0.1) is 5.69 Å².